The van der Waals surface area contributed by atoms with Gasteiger partial charge in [0.15, 0.2) is 0 Å². The van der Waals surface area contributed by atoms with Crippen molar-refractivity contribution in [2.24, 2.45) is 0 Å². The van der Waals surface area contributed by atoms with E-state index in [1.165, 1.54) is 24.3 Å². The lowest BCUT2D eigenvalue weighted by atomic mass is 9.87. The first kappa shape index (κ1) is 24.3. The quantitative estimate of drug-likeness (QED) is 0.210. The van der Waals surface area contributed by atoms with E-state index in [2.05, 4.69) is 0 Å². The second kappa shape index (κ2) is 11.4. The summed E-state index contributed by atoms with van der Waals surface area (Å²) in [6.07, 6.45) is 1.11. The Morgan fingerprint density at radius 2 is 1.81 bits per heavy atom. The maximum Gasteiger partial charge on any atom is 0.334 e. The molecule has 0 saturated heterocycles. The Morgan fingerprint density at radius 1 is 1.13 bits per heavy atom. The highest BCUT2D eigenvalue weighted by molar-refractivity contribution is 6.35. The minimum absolute atomic E-state index is 0.0354. The second-order valence-corrected chi connectivity index (χ2v) is 7.49. The van der Waals surface area contributed by atoms with E-state index >= 15 is 0 Å². The van der Waals surface area contributed by atoms with Crippen LogP contribution < -0.4 is 0 Å². The van der Waals surface area contributed by atoms with Crippen LogP contribution in [0.1, 0.15) is 30.4 Å². The van der Waals surface area contributed by atoms with E-state index < -0.39 is 34.3 Å². The molecule has 2 rings (SSSR count). The van der Waals surface area contributed by atoms with Crippen LogP contribution >= 0.6 is 23.2 Å². The van der Waals surface area contributed by atoms with Crippen molar-refractivity contribution in [3.63, 3.8) is 0 Å². The Morgan fingerprint density at radius 3 is 2.35 bits per heavy atom. The number of halogens is 2. The molecule has 0 aliphatic rings. The first-order chi connectivity index (χ1) is 14.7. The van der Waals surface area contributed by atoms with Crippen molar-refractivity contribution in [1.82, 2.24) is 0 Å². The van der Waals surface area contributed by atoms with E-state index in [9.17, 15) is 25.0 Å². The second-order valence-electron chi connectivity index (χ2n) is 6.65. The Labute approximate surface area is 188 Å². The molecule has 0 aromatic heterocycles. The minimum Gasteiger partial charge on any atom is -0.463 e. The summed E-state index contributed by atoms with van der Waals surface area (Å²) in [5, 5.41) is 23.7. The van der Waals surface area contributed by atoms with Crippen molar-refractivity contribution in [3.05, 3.63) is 95.5 Å². The molecule has 2 aromatic carbocycles. The molecule has 31 heavy (non-hydrogen) atoms. The smallest absolute Gasteiger partial charge is 0.334 e. The third-order valence-electron chi connectivity index (χ3n) is 4.55. The van der Waals surface area contributed by atoms with Gasteiger partial charge >= 0.3 is 5.97 Å². The van der Waals surface area contributed by atoms with E-state index in [-0.39, 0.29) is 29.2 Å². The molecule has 0 aliphatic carbocycles. The summed E-state index contributed by atoms with van der Waals surface area (Å²) in [5.74, 6) is -1.91. The summed E-state index contributed by atoms with van der Waals surface area (Å²) < 4.78 is 5.06. The third kappa shape index (κ3) is 7.04. The molecule has 0 N–H and O–H groups in total. The molecule has 8 nitrogen and oxygen atoms in total. The minimum atomic E-state index is -1.50. The number of hydrogen-bond acceptors (Lipinski definition) is 6. The highest BCUT2D eigenvalue weighted by Gasteiger charge is 2.39. The molecule has 0 heterocycles. The third-order valence-corrected chi connectivity index (χ3v) is 5.11. The van der Waals surface area contributed by atoms with Gasteiger partial charge in [0.1, 0.15) is 5.92 Å². The summed E-state index contributed by atoms with van der Waals surface area (Å²) in [6.45, 7) is 0.954. The highest BCUT2D eigenvalue weighted by Crippen LogP contribution is 2.33. The first-order valence-corrected chi connectivity index (χ1v) is 10.1. The molecule has 0 spiro atoms. The Hall–Kier alpha value is -2.97. The van der Waals surface area contributed by atoms with Gasteiger partial charge in [-0.1, -0.05) is 59.6 Å². The number of carbonyl (C=O) groups is 1. The number of carbonyl (C=O) groups excluding carboxylic acids is 1. The van der Waals surface area contributed by atoms with Gasteiger partial charge in [0, 0.05) is 31.9 Å². The summed E-state index contributed by atoms with van der Waals surface area (Å²) >= 11 is 12.1. The van der Waals surface area contributed by atoms with Crippen LogP contribution in [-0.4, -0.2) is 35.0 Å². The maximum absolute atomic E-state index is 12.5. The topological polar surface area (TPSA) is 113 Å². The molecule has 0 radical (unpaired) electrons. The fourth-order valence-corrected chi connectivity index (χ4v) is 3.70. The van der Waals surface area contributed by atoms with Gasteiger partial charge in [-0.15, -0.1) is 0 Å². The van der Waals surface area contributed by atoms with Crippen molar-refractivity contribution >= 4 is 35.2 Å². The van der Waals surface area contributed by atoms with E-state index in [4.69, 9.17) is 27.9 Å². The maximum atomic E-state index is 12.5. The molecule has 2 atom stereocenters. The van der Waals surface area contributed by atoms with E-state index in [1.807, 2.05) is 0 Å². The average molecular weight is 467 g/mol. The first-order valence-electron chi connectivity index (χ1n) is 9.35. The van der Waals surface area contributed by atoms with Crippen LogP contribution in [0.5, 0.6) is 0 Å². The van der Waals surface area contributed by atoms with Crippen LogP contribution in [0.4, 0.5) is 0 Å². The number of benzene rings is 2. The summed E-state index contributed by atoms with van der Waals surface area (Å²) in [6, 6.07) is 11.5. The highest BCUT2D eigenvalue weighted by atomic mass is 35.5. The lowest BCUT2D eigenvalue weighted by Crippen LogP contribution is -2.34. The van der Waals surface area contributed by atoms with Gasteiger partial charge in [0.2, 0.25) is 12.6 Å². The average Bonchev–Trinajstić information content (AvgIpc) is 2.70. The zero-order chi connectivity index (χ0) is 23.0. The van der Waals surface area contributed by atoms with Gasteiger partial charge in [-0.05, 0) is 36.3 Å². The fourth-order valence-electron chi connectivity index (χ4n) is 3.15. The Kier molecular flexibility index (Phi) is 8.96. The molecular formula is C21H20Cl2N2O6. The predicted molar refractivity (Wildman–Crippen MR) is 118 cm³/mol. The molecule has 10 heteroatoms. The molecular weight excluding hydrogens is 447 g/mol. The van der Waals surface area contributed by atoms with Gasteiger partial charge in [-0.3, -0.25) is 20.2 Å². The number of nitro groups is 2. The molecule has 164 valence electrons. The fraction of sp³-hybridized carbons (Fsp3) is 0.286. The van der Waals surface area contributed by atoms with Crippen molar-refractivity contribution in [2.75, 3.05) is 13.2 Å². The lowest BCUT2D eigenvalue weighted by molar-refractivity contribution is -0.546. The SMILES string of the molecule is CCOC(=O)/C(=C/c1ccccc1)C[C@@H]([C@@H](C[N+](=O)[O-])c1ccc(Cl)cc1Cl)[N+](=O)[O-]. The molecule has 0 amide bonds. The van der Waals surface area contributed by atoms with Crippen LogP contribution in [0.15, 0.2) is 54.1 Å². The molecule has 2 aromatic rings. The van der Waals surface area contributed by atoms with E-state index in [0.29, 0.717) is 10.6 Å². The molecule has 0 aliphatic heterocycles. The Balaban J connectivity index is 2.51. The van der Waals surface area contributed by atoms with Crippen LogP contribution in [0.3, 0.4) is 0 Å². The number of esters is 1. The monoisotopic (exact) mass is 466 g/mol. The summed E-state index contributed by atoms with van der Waals surface area (Å²) in [5.41, 5.74) is 0.892. The van der Waals surface area contributed by atoms with Gasteiger partial charge < -0.3 is 4.74 Å². The number of hydrogen-bond donors (Lipinski definition) is 0. The number of nitrogens with zero attached hydrogens (tertiary/aromatic N) is 2. The van der Waals surface area contributed by atoms with Gasteiger partial charge in [0.25, 0.3) is 0 Å². The lowest BCUT2D eigenvalue weighted by Gasteiger charge is -2.20. The van der Waals surface area contributed by atoms with Crippen molar-refractivity contribution in [2.45, 2.75) is 25.3 Å². The van der Waals surface area contributed by atoms with Crippen LogP contribution in [0.2, 0.25) is 10.0 Å². The predicted octanol–water partition coefficient (Wildman–Crippen LogP) is 5.04. The normalized spacial score (nSPS) is 13.3. The van der Waals surface area contributed by atoms with E-state index in [1.54, 1.807) is 37.3 Å². The van der Waals surface area contributed by atoms with Gasteiger partial charge in [-0.25, -0.2) is 4.79 Å². The number of ether oxygens (including phenoxy) is 1. The summed E-state index contributed by atoms with van der Waals surface area (Å²) in [7, 11) is 0. The van der Waals surface area contributed by atoms with Crippen molar-refractivity contribution < 1.29 is 19.4 Å². The van der Waals surface area contributed by atoms with Crippen LogP contribution in [0.25, 0.3) is 6.08 Å². The molecule has 0 unspecified atom stereocenters. The van der Waals surface area contributed by atoms with Crippen LogP contribution in [0, 0.1) is 20.2 Å². The van der Waals surface area contributed by atoms with Crippen molar-refractivity contribution in [1.29, 1.82) is 0 Å². The Bertz CT molecular complexity index is 981. The van der Waals surface area contributed by atoms with E-state index in [0.717, 1.165) is 0 Å². The van der Waals surface area contributed by atoms with Crippen molar-refractivity contribution in [3.8, 4) is 0 Å². The van der Waals surface area contributed by atoms with Gasteiger partial charge in [-0.2, -0.15) is 0 Å². The molecule has 0 fully saturated rings. The molecule has 0 bridgehead atoms. The standard InChI is InChI=1S/C21H20Cl2N2O6/c1-2-31-21(26)15(10-14-6-4-3-5-7-14)11-20(25(29)30)18(13-24(27)28)17-9-8-16(22)12-19(17)23/h3-10,12,18,20H,2,11,13H2,1H3/b15-10+/t18-,20-/m0/s1. The number of rotatable bonds is 10. The summed E-state index contributed by atoms with van der Waals surface area (Å²) in [4.78, 5) is 34.5. The molecule has 0 saturated carbocycles. The zero-order valence-electron chi connectivity index (χ0n) is 16.6. The zero-order valence-corrected chi connectivity index (χ0v) is 18.1. The largest absolute Gasteiger partial charge is 0.463 e. The van der Waals surface area contributed by atoms with Crippen LogP contribution in [-0.2, 0) is 9.53 Å². The van der Waals surface area contributed by atoms with Gasteiger partial charge in [0.05, 0.1) is 6.61 Å².